The number of piperidine rings is 1. The molecule has 0 radical (unpaired) electrons. The van der Waals surface area contributed by atoms with Gasteiger partial charge in [0.2, 0.25) is 11.9 Å². The van der Waals surface area contributed by atoms with Crippen LogP contribution >= 0.6 is 11.3 Å². The van der Waals surface area contributed by atoms with Crippen LogP contribution in [0.25, 0.3) is 0 Å². The molecule has 24 heavy (non-hydrogen) atoms. The van der Waals surface area contributed by atoms with Crippen LogP contribution in [0.2, 0.25) is 0 Å². The number of thiazole rings is 1. The van der Waals surface area contributed by atoms with Crippen LogP contribution in [0.15, 0.2) is 11.6 Å². The predicted octanol–water partition coefficient (Wildman–Crippen LogP) is 1.87. The van der Waals surface area contributed by atoms with Gasteiger partial charge in [-0.15, -0.1) is 11.3 Å². The zero-order chi connectivity index (χ0) is 16.7. The molecule has 1 spiro atoms. The Bertz CT molecular complexity index is 785. The van der Waals surface area contributed by atoms with Gasteiger partial charge < -0.3 is 10.6 Å². The highest BCUT2D eigenvalue weighted by Crippen LogP contribution is 2.44. The molecular formula is C17H21N5OS. The molecule has 2 aromatic rings. The second kappa shape index (κ2) is 5.81. The Morgan fingerprint density at radius 2 is 2.29 bits per heavy atom. The van der Waals surface area contributed by atoms with Crippen molar-refractivity contribution in [3.8, 4) is 0 Å². The number of carbonyl (C=O) groups is 1. The van der Waals surface area contributed by atoms with Crippen LogP contribution in [0.3, 0.4) is 0 Å². The highest BCUT2D eigenvalue weighted by molar-refractivity contribution is 7.09. The first-order valence-corrected chi connectivity index (χ1v) is 9.24. The number of hydrogen-bond donors (Lipinski definition) is 1. The van der Waals surface area contributed by atoms with E-state index in [9.17, 15) is 4.79 Å². The van der Waals surface area contributed by atoms with Gasteiger partial charge in [0.1, 0.15) is 0 Å². The number of amides is 1. The number of carbonyl (C=O) groups excluding carboxylic acids is 1. The molecule has 3 heterocycles. The van der Waals surface area contributed by atoms with Gasteiger partial charge >= 0.3 is 0 Å². The van der Waals surface area contributed by atoms with Crippen molar-refractivity contribution in [1.82, 2.24) is 19.9 Å². The van der Waals surface area contributed by atoms with Crippen molar-refractivity contribution in [2.45, 2.75) is 44.4 Å². The molecule has 6 nitrogen and oxygen atoms in total. The summed E-state index contributed by atoms with van der Waals surface area (Å²) >= 11 is 1.59. The molecule has 1 saturated heterocycles. The summed E-state index contributed by atoms with van der Waals surface area (Å²) in [6, 6.07) is 0. The Morgan fingerprint density at radius 3 is 3.08 bits per heavy atom. The topological polar surface area (TPSA) is 85.0 Å². The number of aromatic nitrogens is 3. The molecule has 1 aliphatic carbocycles. The monoisotopic (exact) mass is 343 g/mol. The van der Waals surface area contributed by atoms with E-state index in [2.05, 4.69) is 15.0 Å². The van der Waals surface area contributed by atoms with Crippen molar-refractivity contribution >= 4 is 23.2 Å². The molecule has 4 rings (SSSR count). The average Bonchev–Trinajstić information content (AvgIpc) is 3.12. The highest BCUT2D eigenvalue weighted by Gasteiger charge is 2.44. The first-order valence-electron chi connectivity index (χ1n) is 8.36. The molecule has 0 aromatic carbocycles. The van der Waals surface area contributed by atoms with E-state index in [1.165, 1.54) is 5.56 Å². The molecule has 2 aromatic heterocycles. The van der Waals surface area contributed by atoms with Crippen LogP contribution in [-0.4, -0.2) is 38.8 Å². The molecule has 126 valence electrons. The third kappa shape index (κ3) is 2.66. The number of fused-ring (bicyclic) bond motifs is 2. The lowest BCUT2D eigenvalue weighted by Gasteiger charge is -2.40. The lowest BCUT2D eigenvalue weighted by atomic mass is 9.77. The summed E-state index contributed by atoms with van der Waals surface area (Å²) in [5, 5.41) is 2.98. The van der Waals surface area contributed by atoms with E-state index in [4.69, 9.17) is 5.73 Å². The summed E-state index contributed by atoms with van der Waals surface area (Å²) in [5.41, 5.74) is 8.90. The molecule has 1 atom stereocenters. The molecule has 0 saturated carbocycles. The SMILES string of the molecule is Cc1nc(CC(=O)N2CCCC3(CCc4cnc(N)nc43)C2)cs1. The van der Waals surface area contributed by atoms with Crippen molar-refractivity contribution in [1.29, 1.82) is 0 Å². The van der Waals surface area contributed by atoms with Crippen molar-refractivity contribution < 1.29 is 4.79 Å². The quantitative estimate of drug-likeness (QED) is 0.900. The first kappa shape index (κ1) is 15.5. The minimum Gasteiger partial charge on any atom is -0.368 e. The van der Waals surface area contributed by atoms with E-state index >= 15 is 0 Å². The van der Waals surface area contributed by atoms with Crippen LogP contribution in [-0.2, 0) is 23.1 Å². The Kier molecular flexibility index (Phi) is 3.75. The fraction of sp³-hybridized carbons (Fsp3) is 0.529. The minimum absolute atomic E-state index is 0.0434. The number of rotatable bonds is 2. The smallest absolute Gasteiger partial charge is 0.228 e. The number of anilines is 1. The van der Waals surface area contributed by atoms with Crippen LogP contribution in [0.5, 0.6) is 0 Å². The van der Waals surface area contributed by atoms with Gasteiger partial charge in [0.25, 0.3) is 0 Å². The Balaban J connectivity index is 1.54. The lowest BCUT2D eigenvalue weighted by Crippen LogP contribution is -2.48. The highest BCUT2D eigenvalue weighted by atomic mass is 32.1. The number of nitrogens with zero attached hydrogens (tertiary/aromatic N) is 4. The molecule has 0 bridgehead atoms. The molecule has 2 aliphatic rings. The van der Waals surface area contributed by atoms with E-state index < -0.39 is 0 Å². The maximum Gasteiger partial charge on any atom is 0.228 e. The maximum atomic E-state index is 12.7. The summed E-state index contributed by atoms with van der Waals surface area (Å²) in [7, 11) is 0. The van der Waals surface area contributed by atoms with E-state index in [1.807, 2.05) is 23.4 Å². The number of likely N-dealkylation sites (tertiary alicyclic amines) is 1. The normalized spacial score (nSPS) is 22.8. The van der Waals surface area contributed by atoms with Gasteiger partial charge in [-0.25, -0.2) is 15.0 Å². The average molecular weight is 343 g/mol. The molecule has 2 N–H and O–H groups in total. The second-order valence-electron chi connectivity index (χ2n) is 6.84. The predicted molar refractivity (Wildman–Crippen MR) is 92.8 cm³/mol. The van der Waals surface area contributed by atoms with Crippen LogP contribution in [0.4, 0.5) is 5.95 Å². The summed E-state index contributed by atoms with van der Waals surface area (Å²) < 4.78 is 0. The summed E-state index contributed by atoms with van der Waals surface area (Å²) in [5.74, 6) is 0.492. The van der Waals surface area contributed by atoms with Gasteiger partial charge in [0, 0.05) is 30.1 Å². The molecule has 7 heteroatoms. The number of hydrogen-bond acceptors (Lipinski definition) is 6. The summed E-state index contributed by atoms with van der Waals surface area (Å²) in [6.45, 7) is 3.52. The number of nitrogen functional groups attached to an aromatic ring is 1. The van der Waals surface area contributed by atoms with E-state index in [0.717, 1.165) is 55.2 Å². The zero-order valence-corrected chi connectivity index (χ0v) is 14.6. The number of nitrogens with two attached hydrogens (primary N) is 1. The van der Waals surface area contributed by atoms with Crippen LogP contribution < -0.4 is 5.73 Å². The third-order valence-electron chi connectivity index (χ3n) is 5.19. The molecule has 1 aliphatic heterocycles. The van der Waals surface area contributed by atoms with Gasteiger partial charge in [0.15, 0.2) is 0 Å². The Hall–Kier alpha value is -2.02. The van der Waals surface area contributed by atoms with E-state index in [1.54, 1.807) is 11.3 Å². The summed E-state index contributed by atoms with van der Waals surface area (Å²) in [4.78, 5) is 27.8. The van der Waals surface area contributed by atoms with Crippen LogP contribution in [0, 0.1) is 6.92 Å². The van der Waals surface area contributed by atoms with Crippen molar-refractivity contribution in [2.24, 2.45) is 0 Å². The number of aryl methyl sites for hydroxylation is 2. The fourth-order valence-corrected chi connectivity index (χ4v) is 4.67. The van der Waals surface area contributed by atoms with Gasteiger partial charge in [0.05, 0.1) is 22.8 Å². The Labute approximate surface area is 145 Å². The van der Waals surface area contributed by atoms with Crippen LogP contribution in [0.1, 0.15) is 41.2 Å². The van der Waals surface area contributed by atoms with E-state index in [0.29, 0.717) is 12.4 Å². The van der Waals surface area contributed by atoms with Crippen molar-refractivity contribution in [2.75, 3.05) is 18.8 Å². The van der Waals surface area contributed by atoms with Gasteiger partial charge in [-0.3, -0.25) is 4.79 Å². The molecule has 1 unspecified atom stereocenters. The maximum absolute atomic E-state index is 12.7. The third-order valence-corrected chi connectivity index (χ3v) is 6.01. The molecule has 1 amide bonds. The fourth-order valence-electron chi connectivity index (χ4n) is 4.05. The van der Waals surface area contributed by atoms with E-state index in [-0.39, 0.29) is 11.3 Å². The van der Waals surface area contributed by atoms with Crippen molar-refractivity contribution in [3.05, 3.63) is 33.5 Å². The lowest BCUT2D eigenvalue weighted by molar-refractivity contribution is -0.132. The minimum atomic E-state index is -0.0434. The summed E-state index contributed by atoms with van der Waals surface area (Å²) in [6.07, 6.45) is 6.31. The van der Waals surface area contributed by atoms with Gasteiger partial charge in [-0.05, 0) is 38.2 Å². The molecule has 1 fully saturated rings. The van der Waals surface area contributed by atoms with Crippen molar-refractivity contribution in [3.63, 3.8) is 0 Å². The zero-order valence-electron chi connectivity index (χ0n) is 13.8. The van der Waals surface area contributed by atoms with Gasteiger partial charge in [-0.1, -0.05) is 0 Å². The Morgan fingerprint density at radius 1 is 1.42 bits per heavy atom. The largest absolute Gasteiger partial charge is 0.368 e. The van der Waals surface area contributed by atoms with Gasteiger partial charge in [-0.2, -0.15) is 0 Å². The standard InChI is InChI=1S/C17H21N5OS/c1-11-20-13(9-24-11)7-14(23)22-6-2-4-17(10-22)5-3-12-8-19-16(18)21-15(12)17/h8-9H,2-7,10H2,1H3,(H2,18,19,21). The first-order chi connectivity index (χ1) is 11.6. The second-order valence-corrected chi connectivity index (χ2v) is 7.90. The molecular weight excluding hydrogens is 322 g/mol.